The van der Waals surface area contributed by atoms with Gasteiger partial charge in [0, 0.05) is 0 Å². The SMILES string of the molecule is CC(C)C(NC(=O)OC(C)(C)C)c1cnc(N)[nH]1. The third kappa shape index (κ3) is 4.27. The van der Waals surface area contributed by atoms with E-state index in [9.17, 15) is 4.79 Å². The number of imidazole rings is 1. The van der Waals surface area contributed by atoms with Crippen LogP contribution in [0.25, 0.3) is 0 Å². The Morgan fingerprint density at radius 2 is 2.11 bits per heavy atom. The number of hydrogen-bond donors (Lipinski definition) is 3. The van der Waals surface area contributed by atoms with Gasteiger partial charge in [0.2, 0.25) is 0 Å². The average Bonchev–Trinajstić information content (AvgIpc) is 2.57. The monoisotopic (exact) mass is 254 g/mol. The molecule has 1 heterocycles. The quantitative estimate of drug-likeness (QED) is 0.771. The van der Waals surface area contributed by atoms with Crippen molar-refractivity contribution in [2.24, 2.45) is 5.92 Å². The largest absolute Gasteiger partial charge is 0.444 e. The van der Waals surface area contributed by atoms with Gasteiger partial charge in [-0.15, -0.1) is 0 Å². The number of ether oxygens (including phenoxy) is 1. The second-order valence-corrected chi connectivity index (χ2v) is 5.59. The van der Waals surface area contributed by atoms with E-state index in [2.05, 4.69) is 15.3 Å². The zero-order valence-corrected chi connectivity index (χ0v) is 11.6. The molecular formula is C12H22N4O2. The molecule has 1 rings (SSSR count). The zero-order chi connectivity index (χ0) is 13.9. The topological polar surface area (TPSA) is 93.0 Å². The highest BCUT2D eigenvalue weighted by atomic mass is 16.6. The van der Waals surface area contributed by atoms with Crippen molar-refractivity contribution in [3.63, 3.8) is 0 Å². The van der Waals surface area contributed by atoms with Crippen molar-refractivity contribution in [1.82, 2.24) is 15.3 Å². The van der Waals surface area contributed by atoms with Crippen LogP contribution in [0.3, 0.4) is 0 Å². The van der Waals surface area contributed by atoms with E-state index in [-0.39, 0.29) is 12.0 Å². The maximum Gasteiger partial charge on any atom is 0.408 e. The van der Waals surface area contributed by atoms with Crippen LogP contribution < -0.4 is 11.1 Å². The molecule has 1 atom stereocenters. The lowest BCUT2D eigenvalue weighted by Gasteiger charge is -2.25. The molecule has 6 heteroatoms. The fourth-order valence-electron chi connectivity index (χ4n) is 1.55. The molecule has 0 aliphatic carbocycles. The fourth-order valence-corrected chi connectivity index (χ4v) is 1.55. The Bertz CT molecular complexity index is 406. The number of anilines is 1. The molecule has 18 heavy (non-hydrogen) atoms. The van der Waals surface area contributed by atoms with Crippen LogP contribution in [0.1, 0.15) is 46.4 Å². The highest BCUT2D eigenvalue weighted by molar-refractivity contribution is 5.68. The molecule has 0 radical (unpaired) electrons. The van der Waals surface area contributed by atoms with Gasteiger partial charge >= 0.3 is 6.09 Å². The van der Waals surface area contributed by atoms with Crippen molar-refractivity contribution >= 4 is 12.0 Å². The van der Waals surface area contributed by atoms with Crippen LogP contribution in [0.5, 0.6) is 0 Å². The number of hydrogen-bond acceptors (Lipinski definition) is 4. The second-order valence-electron chi connectivity index (χ2n) is 5.59. The van der Waals surface area contributed by atoms with Crippen molar-refractivity contribution in [2.75, 3.05) is 5.73 Å². The minimum absolute atomic E-state index is 0.192. The maximum absolute atomic E-state index is 11.8. The van der Waals surface area contributed by atoms with Gasteiger partial charge in [-0.05, 0) is 26.7 Å². The van der Waals surface area contributed by atoms with Crippen LogP contribution in [-0.2, 0) is 4.74 Å². The Balaban J connectivity index is 2.73. The van der Waals surface area contributed by atoms with E-state index in [0.717, 1.165) is 5.69 Å². The lowest BCUT2D eigenvalue weighted by atomic mass is 10.0. The number of nitrogens with zero attached hydrogens (tertiary/aromatic N) is 1. The van der Waals surface area contributed by atoms with Gasteiger partial charge < -0.3 is 20.8 Å². The van der Waals surface area contributed by atoms with Crippen LogP contribution in [0.2, 0.25) is 0 Å². The highest BCUT2D eigenvalue weighted by Gasteiger charge is 2.23. The Morgan fingerprint density at radius 3 is 2.50 bits per heavy atom. The summed E-state index contributed by atoms with van der Waals surface area (Å²) in [7, 11) is 0. The Labute approximate surface area is 107 Å². The van der Waals surface area contributed by atoms with Gasteiger partial charge in [-0.3, -0.25) is 0 Å². The molecule has 1 unspecified atom stereocenters. The highest BCUT2D eigenvalue weighted by Crippen LogP contribution is 2.21. The van der Waals surface area contributed by atoms with Crippen molar-refractivity contribution in [1.29, 1.82) is 0 Å². The zero-order valence-electron chi connectivity index (χ0n) is 11.6. The Morgan fingerprint density at radius 1 is 1.50 bits per heavy atom. The van der Waals surface area contributed by atoms with Crippen molar-refractivity contribution < 1.29 is 9.53 Å². The molecule has 1 amide bonds. The average molecular weight is 254 g/mol. The number of H-pyrrole nitrogens is 1. The molecule has 0 bridgehead atoms. The number of nitrogen functional groups attached to an aromatic ring is 1. The first kappa shape index (κ1) is 14.3. The van der Waals surface area contributed by atoms with Gasteiger partial charge in [0.1, 0.15) is 5.60 Å². The molecule has 4 N–H and O–H groups in total. The molecule has 0 aromatic carbocycles. The van der Waals surface area contributed by atoms with Crippen molar-refractivity contribution in [2.45, 2.75) is 46.3 Å². The number of aromatic amines is 1. The van der Waals surface area contributed by atoms with Crippen LogP contribution >= 0.6 is 0 Å². The number of aromatic nitrogens is 2. The lowest BCUT2D eigenvalue weighted by Crippen LogP contribution is -2.37. The number of carbonyl (C=O) groups is 1. The number of carbonyl (C=O) groups excluding carboxylic acids is 1. The Hall–Kier alpha value is -1.72. The van der Waals surface area contributed by atoms with Gasteiger partial charge in [0.05, 0.1) is 17.9 Å². The first-order chi connectivity index (χ1) is 8.19. The predicted octanol–water partition coefficient (Wildman–Crippen LogP) is 2.21. The van der Waals surface area contributed by atoms with Crippen LogP contribution in [0, 0.1) is 5.92 Å². The summed E-state index contributed by atoms with van der Waals surface area (Å²) in [5, 5.41) is 2.81. The standard InChI is InChI=1S/C12H22N4O2/c1-7(2)9(8-6-14-10(13)15-8)16-11(17)18-12(3,4)5/h6-7,9H,1-5H3,(H,16,17)(H3,13,14,15). The summed E-state index contributed by atoms with van der Waals surface area (Å²) in [5.41, 5.74) is 5.79. The normalized spacial score (nSPS) is 13.4. The van der Waals surface area contributed by atoms with Crippen molar-refractivity contribution in [3.8, 4) is 0 Å². The van der Waals surface area contributed by atoms with Gasteiger partial charge in [-0.1, -0.05) is 13.8 Å². The van der Waals surface area contributed by atoms with E-state index in [4.69, 9.17) is 10.5 Å². The van der Waals surface area contributed by atoms with Gasteiger partial charge in [0.15, 0.2) is 5.95 Å². The van der Waals surface area contributed by atoms with Gasteiger partial charge in [-0.2, -0.15) is 0 Å². The summed E-state index contributed by atoms with van der Waals surface area (Å²) in [5.74, 6) is 0.527. The van der Waals surface area contributed by atoms with Crippen LogP contribution in [0.15, 0.2) is 6.20 Å². The van der Waals surface area contributed by atoms with E-state index < -0.39 is 11.7 Å². The minimum Gasteiger partial charge on any atom is -0.444 e. The molecule has 102 valence electrons. The van der Waals surface area contributed by atoms with Crippen LogP contribution in [-0.4, -0.2) is 21.7 Å². The second kappa shape index (κ2) is 5.29. The number of rotatable bonds is 3. The fraction of sp³-hybridized carbons (Fsp3) is 0.667. The van der Waals surface area contributed by atoms with Crippen molar-refractivity contribution in [3.05, 3.63) is 11.9 Å². The molecule has 1 aromatic rings. The summed E-state index contributed by atoms with van der Waals surface area (Å²) < 4.78 is 5.23. The van der Waals surface area contributed by atoms with E-state index in [1.54, 1.807) is 6.20 Å². The summed E-state index contributed by atoms with van der Waals surface area (Å²) in [6, 6.07) is -0.204. The Kier molecular flexibility index (Phi) is 4.21. The summed E-state index contributed by atoms with van der Waals surface area (Å²) in [4.78, 5) is 18.6. The molecule has 0 aliphatic rings. The van der Waals surface area contributed by atoms with Crippen LogP contribution in [0.4, 0.5) is 10.7 Å². The number of nitrogens with one attached hydrogen (secondary N) is 2. The van der Waals surface area contributed by atoms with Gasteiger partial charge in [-0.25, -0.2) is 9.78 Å². The molecule has 6 nitrogen and oxygen atoms in total. The van der Waals surface area contributed by atoms with E-state index in [0.29, 0.717) is 5.95 Å². The summed E-state index contributed by atoms with van der Waals surface area (Å²) >= 11 is 0. The number of amides is 1. The number of nitrogens with two attached hydrogens (primary N) is 1. The number of alkyl carbamates (subject to hydrolysis) is 1. The molecule has 0 saturated heterocycles. The first-order valence-electron chi connectivity index (χ1n) is 5.99. The molecule has 0 aliphatic heterocycles. The van der Waals surface area contributed by atoms with E-state index in [1.165, 1.54) is 0 Å². The smallest absolute Gasteiger partial charge is 0.408 e. The van der Waals surface area contributed by atoms with Gasteiger partial charge in [0.25, 0.3) is 0 Å². The third-order valence-electron chi connectivity index (χ3n) is 2.29. The molecule has 1 aromatic heterocycles. The third-order valence-corrected chi connectivity index (χ3v) is 2.29. The minimum atomic E-state index is -0.515. The molecule has 0 spiro atoms. The summed E-state index contributed by atoms with van der Waals surface area (Å²) in [6.07, 6.45) is 1.17. The maximum atomic E-state index is 11.8. The predicted molar refractivity (Wildman–Crippen MR) is 69.9 cm³/mol. The molecule has 0 saturated carbocycles. The van der Waals surface area contributed by atoms with E-state index >= 15 is 0 Å². The first-order valence-corrected chi connectivity index (χ1v) is 5.99. The lowest BCUT2D eigenvalue weighted by molar-refractivity contribution is 0.0488. The van der Waals surface area contributed by atoms with E-state index in [1.807, 2.05) is 34.6 Å². The molecule has 0 fully saturated rings. The summed E-state index contributed by atoms with van der Waals surface area (Å²) in [6.45, 7) is 9.47. The molecular weight excluding hydrogens is 232 g/mol.